The molecule has 2 unspecified atom stereocenters. The van der Waals surface area contributed by atoms with Gasteiger partial charge in [0, 0.05) is 30.3 Å². The molecular weight excluding hydrogens is 383 g/mol. The van der Waals surface area contributed by atoms with Crippen LogP contribution >= 0.6 is 0 Å². The van der Waals surface area contributed by atoms with Crippen molar-refractivity contribution in [1.82, 2.24) is 15.5 Å². The first-order chi connectivity index (χ1) is 13.2. The second-order valence-electron chi connectivity index (χ2n) is 6.77. The number of nitrogens with one attached hydrogen (secondary N) is 1. The van der Waals surface area contributed by atoms with Crippen LogP contribution in [0.4, 0.5) is 13.2 Å². The number of aliphatic hydroxyl groups excluding tert-OH is 2. The average molecular weight is 401 g/mol. The van der Waals surface area contributed by atoms with Crippen molar-refractivity contribution in [3.63, 3.8) is 0 Å². The summed E-state index contributed by atoms with van der Waals surface area (Å²) in [6, 6.07) is 3.31. The Morgan fingerprint density at radius 3 is 2.54 bits per heavy atom. The van der Waals surface area contributed by atoms with Crippen LogP contribution in [0, 0.1) is 5.41 Å². The molecule has 2 atom stereocenters. The minimum Gasteiger partial charge on any atom is -0.477 e. The van der Waals surface area contributed by atoms with Gasteiger partial charge in [-0.15, -0.1) is 0 Å². The Hall–Kier alpha value is -2.66. The summed E-state index contributed by atoms with van der Waals surface area (Å²) >= 11 is 0. The molecule has 2 aromatic heterocycles. The van der Waals surface area contributed by atoms with Crippen molar-refractivity contribution >= 4 is 5.91 Å². The van der Waals surface area contributed by atoms with Gasteiger partial charge in [-0.1, -0.05) is 5.16 Å². The highest BCUT2D eigenvalue weighted by Gasteiger charge is 2.45. The van der Waals surface area contributed by atoms with E-state index in [1.54, 1.807) is 0 Å². The molecule has 1 aliphatic rings. The van der Waals surface area contributed by atoms with Gasteiger partial charge in [0.25, 0.3) is 5.91 Å². The lowest BCUT2D eigenvalue weighted by molar-refractivity contribution is -0.137. The molecule has 1 saturated carbocycles. The number of ether oxygens (including phenoxy) is 1. The minimum absolute atomic E-state index is 0.000400. The monoisotopic (exact) mass is 401 g/mol. The normalized spacial score (nSPS) is 24.9. The molecule has 0 spiro atoms. The van der Waals surface area contributed by atoms with Crippen molar-refractivity contribution in [2.75, 3.05) is 13.2 Å². The number of pyridine rings is 1. The molecule has 28 heavy (non-hydrogen) atoms. The molecule has 8 nitrogen and oxygen atoms in total. The SMILES string of the molecule is O=C(NCC1(COc2ccc(C(F)(F)F)cn2)CC(O)C(O)C1)c1ccno1. The standard InChI is InChI=1S/C17H18F3N3O5/c18-17(19,20)10-1-2-14(21-7-10)27-9-16(5-11(24)12(25)6-16)8-22-15(26)13-3-4-23-28-13/h1-4,7,11-12,24-25H,5-6,8-9H2,(H,22,26). The quantitative estimate of drug-likeness (QED) is 0.670. The number of nitrogens with zero attached hydrogens (tertiary/aromatic N) is 2. The van der Waals surface area contributed by atoms with Crippen LogP contribution in [0.5, 0.6) is 5.88 Å². The number of aromatic nitrogens is 2. The highest BCUT2D eigenvalue weighted by Crippen LogP contribution is 2.39. The Labute approximate surface area is 157 Å². The van der Waals surface area contributed by atoms with E-state index in [0.29, 0.717) is 6.20 Å². The van der Waals surface area contributed by atoms with E-state index in [0.717, 1.165) is 12.1 Å². The van der Waals surface area contributed by atoms with Crippen LogP contribution in [0.25, 0.3) is 0 Å². The lowest BCUT2D eigenvalue weighted by Crippen LogP contribution is -2.40. The van der Waals surface area contributed by atoms with Gasteiger partial charge in [0.05, 0.1) is 30.6 Å². The lowest BCUT2D eigenvalue weighted by atomic mass is 9.86. The summed E-state index contributed by atoms with van der Waals surface area (Å²) in [6.45, 7) is -0.0303. The van der Waals surface area contributed by atoms with Gasteiger partial charge in [-0.3, -0.25) is 4.79 Å². The summed E-state index contributed by atoms with van der Waals surface area (Å²) in [7, 11) is 0. The summed E-state index contributed by atoms with van der Waals surface area (Å²) < 4.78 is 48.1. The van der Waals surface area contributed by atoms with E-state index in [4.69, 9.17) is 9.26 Å². The second-order valence-corrected chi connectivity index (χ2v) is 6.77. The lowest BCUT2D eigenvalue weighted by Gasteiger charge is -2.28. The van der Waals surface area contributed by atoms with Crippen LogP contribution in [0.3, 0.4) is 0 Å². The number of hydrogen-bond acceptors (Lipinski definition) is 7. The molecule has 0 bridgehead atoms. The van der Waals surface area contributed by atoms with Gasteiger partial charge in [-0.2, -0.15) is 13.2 Å². The molecule has 3 N–H and O–H groups in total. The molecule has 1 aliphatic carbocycles. The zero-order chi connectivity index (χ0) is 20.4. The van der Waals surface area contributed by atoms with E-state index in [9.17, 15) is 28.2 Å². The third kappa shape index (κ3) is 4.60. The van der Waals surface area contributed by atoms with Crippen LogP contribution in [0.15, 0.2) is 35.1 Å². The Kier molecular flexibility index (Phi) is 5.57. The number of hydrogen-bond donors (Lipinski definition) is 3. The largest absolute Gasteiger partial charge is 0.477 e. The molecule has 0 radical (unpaired) electrons. The fourth-order valence-corrected chi connectivity index (χ4v) is 3.10. The first kappa shape index (κ1) is 20.1. The summed E-state index contributed by atoms with van der Waals surface area (Å²) in [6.07, 6.45) is -4.29. The van der Waals surface area contributed by atoms with Gasteiger partial charge in [-0.25, -0.2) is 4.98 Å². The molecular formula is C17H18F3N3O5. The van der Waals surface area contributed by atoms with Crippen molar-refractivity contribution in [3.8, 4) is 5.88 Å². The topological polar surface area (TPSA) is 118 Å². The first-order valence-corrected chi connectivity index (χ1v) is 8.40. The van der Waals surface area contributed by atoms with Gasteiger partial charge in [0.2, 0.25) is 11.6 Å². The van der Waals surface area contributed by atoms with E-state index in [1.807, 2.05) is 0 Å². The zero-order valence-corrected chi connectivity index (χ0v) is 14.5. The fourth-order valence-electron chi connectivity index (χ4n) is 3.10. The van der Waals surface area contributed by atoms with Gasteiger partial charge < -0.3 is 24.8 Å². The Balaban J connectivity index is 1.66. The summed E-state index contributed by atoms with van der Waals surface area (Å²) in [5, 5.41) is 25.9. The molecule has 1 fully saturated rings. The van der Waals surface area contributed by atoms with Crippen LogP contribution in [-0.2, 0) is 6.18 Å². The van der Waals surface area contributed by atoms with E-state index in [2.05, 4.69) is 15.5 Å². The number of rotatable bonds is 6. The molecule has 0 saturated heterocycles. The van der Waals surface area contributed by atoms with E-state index >= 15 is 0 Å². The third-order valence-electron chi connectivity index (χ3n) is 4.60. The third-order valence-corrected chi connectivity index (χ3v) is 4.60. The highest BCUT2D eigenvalue weighted by molar-refractivity contribution is 5.91. The number of halogens is 3. The van der Waals surface area contributed by atoms with Crippen molar-refractivity contribution in [2.24, 2.45) is 5.41 Å². The Bertz CT molecular complexity index is 785. The van der Waals surface area contributed by atoms with E-state index in [1.165, 1.54) is 12.3 Å². The number of amides is 1. The van der Waals surface area contributed by atoms with Gasteiger partial charge >= 0.3 is 6.18 Å². The van der Waals surface area contributed by atoms with Gasteiger partial charge in [-0.05, 0) is 18.9 Å². The molecule has 0 aromatic carbocycles. The first-order valence-electron chi connectivity index (χ1n) is 8.40. The predicted octanol–water partition coefficient (Wildman–Crippen LogP) is 1.40. The molecule has 2 heterocycles. The van der Waals surface area contributed by atoms with Crippen molar-refractivity contribution in [1.29, 1.82) is 0 Å². The van der Waals surface area contributed by atoms with Crippen LogP contribution < -0.4 is 10.1 Å². The van der Waals surface area contributed by atoms with E-state index < -0.39 is 35.3 Å². The number of carbonyl (C=O) groups excluding carboxylic acids is 1. The van der Waals surface area contributed by atoms with Gasteiger partial charge in [0.15, 0.2) is 0 Å². The van der Waals surface area contributed by atoms with E-state index in [-0.39, 0.29) is 37.6 Å². The predicted molar refractivity (Wildman–Crippen MR) is 87.3 cm³/mol. The smallest absolute Gasteiger partial charge is 0.417 e. The minimum atomic E-state index is -4.50. The average Bonchev–Trinajstić information content (AvgIpc) is 3.27. The van der Waals surface area contributed by atoms with Crippen LogP contribution in [-0.4, -0.2) is 51.6 Å². The number of alkyl halides is 3. The molecule has 152 valence electrons. The number of aliphatic hydroxyl groups is 2. The Morgan fingerprint density at radius 2 is 2.00 bits per heavy atom. The molecule has 11 heteroatoms. The summed E-state index contributed by atoms with van der Waals surface area (Å²) in [5.74, 6) is -0.565. The fraction of sp³-hybridized carbons (Fsp3) is 0.471. The number of carbonyl (C=O) groups is 1. The van der Waals surface area contributed by atoms with Crippen molar-refractivity contribution in [2.45, 2.75) is 31.2 Å². The molecule has 2 aromatic rings. The molecule has 3 rings (SSSR count). The maximum atomic E-state index is 12.6. The Morgan fingerprint density at radius 1 is 1.29 bits per heavy atom. The summed E-state index contributed by atoms with van der Waals surface area (Å²) in [5.41, 5.74) is -1.74. The van der Waals surface area contributed by atoms with Crippen LogP contribution in [0.1, 0.15) is 29.0 Å². The zero-order valence-electron chi connectivity index (χ0n) is 14.5. The van der Waals surface area contributed by atoms with Crippen LogP contribution in [0.2, 0.25) is 0 Å². The second kappa shape index (κ2) is 7.76. The molecule has 0 aliphatic heterocycles. The molecule has 1 amide bonds. The van der Waals surface area contributed by atoms with Crippen molar-refractivity contribution < 1.29 is 37.4 Å². The van der Waals surface area contributed by atoms with Crippen molar-refractivity contribution in [3.05, 3.63) is 41.9 Å². The maximum absolute atomic E-state index is 12.6. The highest BCUT2D eigenvalue weighted by atomic mass is 19.4. The summed E-state index contributed by atoms with van der Waals surface area (Å²) in [4.78, 5) is 15.7. The van der Waals surface area contributed by atoms with Gasteiger partial charge in [0.1, 0.15) is 0 Å². The maximum Gasteiger partial charge on any atom is 0.417 e.